The van der Waals surface area contributed by atoms with E-state index >= 15 is 0 Å². The number of unbranched alkanes of at least 4 members (excludes halogenated alkanes) is 6. The van der Waals surface area contributed by atoms with Crippen LogP contribution in [-0.2, 0) is 25.7 Å². The van der Waals surface area contributed by atoms with Gasteiger partial charge in [0.1, 0.15) is 18.4 Å². The molecule has 0 aliphatic rings. The Balaban J connectivity index is 2.33. The molecular formula is C25H40N2O4. The van der Waals surface area contributed by atoms with Crippen LogP contribution >= 0.6 is 0 Å². The standard InChI is InChI=1S/C25H40N2O4/c1-21(28)14-8-5-3-4-6-11-18-24(29)27-23(17-12-13-19-26-2)25(30)31-20-22-15-9-7-10-16-22/h7,9-10,15-16,23,26H,3-6,8,11-14,17-20H2,1-2H3,(H,27,29). The summed E-state index contributed by atoms with van der Waals surface area (Å²) in [6.45, 7) is 2.72. The first-order valence-electron chi connectivity index (χ1n) is 11.7. The lowest BCUT2D eigenvalue weighted by atomic mass is 10.1. The van der Waals surface area contributed by atoms with Crippen LogP contribution in [0.25, 0.3) is 0 Å². The molecule has 0 fully saturated rings. The number of ether oxygens (including phenoxy) is 1. The third-order valence-electron chi connectivity index (χ3n) is 5.20. The van der Waals surface area contributed by atoms with Gasteiger partial charge in [0.2, 0.25) is 5.91 Å². The van der Waals surface area contributed by atoms with Gasteiger partial charge in [0.05, 0.1) is 0 Å². The number of nitrogens with one attached hydrogen (secondary N) is 2. The van der Waals surface area contributed by atoms with Crippen molar-refractivity contribution < 1.29 is 19.1 Å². The van der Waals surface area contributed by atoms with Gasteiger partial charge in [-0.2, -0.15) is 0 Å². The first-order chi connectivity index (χ1) is 15.0. The molecule has 6 heteroatoms. The van der Waals surface area contributed by atoms with E-state index in [1.807, 2.05) is 37.4 Å². The van der Waals surface area contributed by atoms with Crippen LogP contribution in [0.2, 0.25) is 0 Å². The lowest BCUT2D eigenvalue weighted by Crippen LogP contribution is -2.41. The Kier molecular flexibility index (Phi) is 15.1. The molecule has 0 radical (unpaired) electrons. The number of Topliss-reactive ketones (excluding diaryl/α,β-unsaturated/α-hetero) is 1. The van der Waals surface area contributed by atoms with Crippen LogP contribution in [-0.4, -0.2) is 37.3 Å². The average Bonchev–Trinajstić information content (AvgIpc) is 2.76. The van der Waals surface area contributed by atoms with Crippen molar-refractivity contribution in [2.45, 2.75) is 90.2 Å². The molecule has 1 unspecified atom stereocenters. The number of rotatable bonds is 18. The smallest absolute Gasteiger partial charge is 0.328 e. The summed E-state index contributed by atoms with van der Waals surface area (Å²) in [6.07, 6.45) is 9.42. The van der Waals surface area contributed by atoms with Crippen molar-refractivity contribution in [1.29, 1.82) is 0 Å². The highest BCUT2D eigenvalue weighted by Crippen LogP contribution is 2.10. The molecule has 1 atom stereocenters. The topological polar surface area (TPSA) is 84.5 Å². The van der Waals surface area contributed by atoms with E-state index < -0.39 is 6.04 Å². The highest BCUT2D eigenvalue weighted by molar-refractivity contribution is 5.84. The molecule has 1 aromatic rings. The zero-order chi connectivity index (χ0) is 22.7. The maximum Gasteiger partial charge on any atom is 0.328 e. The van der Waals surface area contributed by atoms with Crippen LogP contribution < -0.4 is 10.6 Å². The van der Waals surface area contributed by atoms with Gasteiger partial charge in [0, 0.05) is 12.8 Å². The minimum atomic E-state index is -0.598. The van der Waals surface area contributed by atoms with Gasteiger partial charge in [0.15, 0.2) is 0 Å². The Morgan fingerprint density at radius 2 is 1.52 bits per heavy atom. The molecule has 1 rings (SSSR count). The maximum atomic E-state index is 12.6. The number of ketones is 1. The molecule has 0 saturated heterocycles. The largest absolute Gasteiger partial charge is 0.459 e. The summed E-state index contributed by atoms with van der Waals surface area (Å²) in [5.41, 5.74) is 0.930. The number of amides is 1. The van der Waals surface area contributed by atoms with Crippen molar-refractivity contribution in [2.24, 2.45) is 0 Å². The Morgan fingerprint density at radius 1 is 0.871 bits per heavy atom. The molecule has 0 aliphatic carbocycles. The van der Waals surface area contributed by atoms with Crippen molar-refractivity contribution in [3.8, 4) is 0 Å². The lowest BCUT2D eigenvalue weighted by Gasteiger charge is -2.18. The van der Waals surface area contributed by atoms with Gasteiger partial charge in [-0.15, -0.1) is 0 Å². The predicted octanol–water partition coefficient (Wildman–Crippen LogP) is 4.31. The Labute approximate surface area is 187 Å². The van der Waals surface area contributed by atoms with Crippen LogP contribution in [0.15, 0.2) is 30.3 Å². The van der Waals surface area contributed by atoms with Crippen LogP contribution in [0.5, 0.6) is 0 Å². The molecular weight excluding hydrogens is 392 g/mol. The minimum Gasteiger partial charge on any atom is -0.459 e. The molecule has 1 aromatic carbocycles. The van der Waals surface area contributed by atoms with Gasteiger partial charge in [0.25, 0.3) is 0 Å². The summed E-state index contributed by atoms with van der Waals surface area (Å²) in [7, 11) is 1.90. The van der Waals surface area contributed by atoms with E-state index in [2.05, 4.69) is 10.6 Å². The fourth-order valence-electron chi connectivity index (χ4n) is 3.36. The SMILES string of the molecule is CNCCCCC(NC(=O)CCCCCCCCC(C)=O)C(=O)OCc1ccccc1. The molecule has 31 heavy (non-hydrogen) atoms. The average molecular weight is 433 g/mol. The van der Waals surface area contributed by atoms with Crippen molar-refractivity contribution in [3.05, 3.63) is 35.9 Å². The number of carbonyl (C=O) groups is 3. The summed E-state index contributed by atoms with van der Waals surface area (Å²) in [4.78, 5) is 35.8. The summed E-state index contributed by atoms with van der Waals surface area (Å²) in [5.74, 6) is -0.210. The second kappa shape index (κ2) is 17.5. The van der Waals surface area contributed by atoms with E-state index in [-0.39, 0.29) is 24.3 Å². The fourth-order valence-corrected chi connectivity index (χ4v) is 3.36. The van der Waals surface area contributed by atoms with E-state index in [4.69, 9.17) is 4.74 Å². The molecule has 0 aromatic heterocycles. The van der Waals surface area contributed by atoms with Crippen LogP contribution in [0.4, 0.5) is 0 Å². The number of esters is 1. The van der Waals surface area contributed by atoms with Crippen LogP contribution in [0, 0.1) is 0 Å². The third kappa shape index (κ3) is 14.4. The fraction of sp³-hybridized carbons (Fsp3) is 0.640. The van der Waals surface area contributed by atoms with Crippen LogP contribution in [0.1, 0.15) is 83.1 Å². The van der Waals surface area contributed by atoms with Gasteiger partial charge in [-0.3, -0.25) is 4.79 Å². The van der Waals surface area contributed by atoms with Crippen molar-refractivity contribution in [3.63, 3.8) is 0 Å². The lowest BCUT2D eigenvalue weighted by molar-refractivity contribution is -0.149. The number of carbonyl (C=O) groups excluding carboxylic acids is 3. The van der Waals surface area contributed by atoms with Gasteiger partial charge < -0.3 is 20.2 Å². The van der Waals surface area contributed by atoms with Crippen LogP contribution in [0.3, 0.4) is 0 Å². The van der Waals surface area contributed by atoms with E-state index in [9.17, 15) is 14.4 Å². The van der Waals surface area contributed by atoms with Gasteiger partial charge in [-0.25, -0.2) is 4.79 Å². The van der Waals surface area contributed by atoms with E-state index in [1.54, 1.807) is 6.92 Å². The quantitative estimate of drug-likeness (QED) is 0.267. The Bertz CT molecular complexity index is 634. The molecule has 0 aliphatic heterocycles. The number of hydrogen-bond acceptors (Lipinski definition) is 5. The first-order valence-corrected chi connectivity index (χ1v) is 11.7. The maximum absolute atomic E-state index is 12.6. The zero-order valence-electron chi connectivity index (χ0n) is 19.3. The first kappa shape index (κ1) is 26.8. The van der Waals surface area contributed by atoms with Gasteiger partial charge in [-0.1, -0.05) is 56.0 Å². The molecule has 6 nitrogen and oxygen atoms in total. The van der Waals surface area contributed by atoms with Crippen molar-refractivity contribution in [2.75, 3.05) is 13.6 Å². The summed E-state index contributed by atoms with van der Waals surface area (Å²) >= 11 is 0. The predicted molar refractivity (Wildman–Crippen MR) is 124 cm³/mol. The monoisotopic (exact) mass is 432 g/mol. The minimum absolute atomic E-state index is 0.0909. The van der Waals surface area contributed by atoms with Crippen molar-refractivity contribution >= 4 is 17.7 Å². The second-order valence-corrected chi connectivity index (χ2v) is 8.14. The molecule has 1 amide bonds. The second-order valence-electron chi connectivity index (χ2n) is 8.14. The van der Waals surface area contributed by atoms with E-state index in [0.717, 1.165) is 63.5 Å². The highest BCUT2D eigenvalue weighted by atomic mass is 16.5. The Morgan fingerprint density at radius 3 is 2.16 bits per heavy atom. The zero-order valence-corrected chi connectivity index (χ0v) is 19.3. The molecule has 0 bridgehead atoms. The molecule has 0 saturated carbocycles. The summed E-state index contributed by atoms with van der Waals surface area (Å²) in [6, 6.07) is 8.96. The van der Waals surface area contributed by atoms with E-state index in [0.29, 0.717) is 19.3 Å². The molecule has 0 spiro atoms. The molecule has 2 N–H and O–H groups in total. The Hall–Kier alpha value is -2.21. The van der Waals surface area contributed by atoms with Gasteiger partial charge in [-0.05, 0) is 58.2 Å². The van der Waals surface area contributed by atoms with E-state index in [1.165, 1.54) is 0 Å². The highest BCUT2D eigenvalue weighted by Gasteiger charge is 2.21. The third-order valence-corrected chi connectivity index (χ3v) is 5.20. The summed E-state index contributed by atoms with van der Waals surface area (Å²) in [5, 5.41) is 5.98. The molecule has 0 heterocycles. The molecule has 174 valence electrons. The van der Waals surface area contributed by atoms with Gasteiger partial charge >= 0.3 is 5.97 Å². The number of benzene rings is 1. The normalized spacial score (nSPS) is 11.7. The number of hydrogen-bond donors (Lipinski definition) is 2. The van der Waals surface area contributed by atoms with Crippen molar-refractivity contribution in [1.82, 2.24) is 10.6 Å². The summed E-state index contributed by atoms with van der Waals surface area (Å²) < 4.78 is 5.45.